The first-order valence-electron chi connectivity index (χ1n) is 6.26. The number of benzene rings is 1. The van der Waals surface area contributed by atoms with Gasteiger partial charge in [0, 0.05) is 23.5 Å². The highest BCUT2D eigenvalue weighted by atomic mass is 79.9. The number of likely N-dealkylation sites (tertiary alicyclic amines) is 1. The van der Waals surface area contributed by atoms with Crippen molar-refractivity contribution in [3.8, 4) is 0 Å². The highest BCUT2D eigenvalue weighted by Crippen LogP contribution is 2.20. The Bertz CT molecular complexity index is 416. The van der Waals surface area contributed by atoms with Gasteiger partial charge in [0.15, 0.2) is 0 Å². The molecule has 2 rings (SSSR count). The lowest BCUT2D eigenvalue weighted by Crippen LogP contribution is -2.31. The normalized spacial score (nSPS) is 21.1. The lowest BCUT2D eigenvalue weighted by atomic mass is 10.0. The maximum Gasteiger partial charge on any atom is 0.227 e. The van der Waals surface area contributed by atoms with Gasteiger partial charge >= 0.3 is 0 Å². The average molecular weight is 312 g/mol. The maximum atomic E-state index is 12.1. The molecule has 18 heavy (non-hydrogen) atoms. The number of carbonyl (C=O) groups excluding carboxylic acids is 1. The molecule has 1 aliphatic rings. The van der Waals surface area contributed by atoms with E-state index in [0.717, 1.165) is 23.0 Å². The number of aliphatic hydroxyl groups is 1. The van der Waals surface area contributed by atoms with Crippen molar-refractivity contribution < 1.29 is 9.90 Å². The van der Waals surface area contributed by atoms with E-state index in [0.29, 0.717) is 13.0 Å². The van der Waals surface area contributed by atoms with Crippen LogP contribution in [0.3, 0.4) is 0 Å². The predicted octanol–water partition coefficient (Wildman–Crippen LogP) is 2.22. The smallest absolute Gasteiger partial charge is 0.227 e. The minimum absolute atomic E-state index is 0.153. The van der Waals surface area contributed by atoms with E-state index >= 15 is 0 Å². The second-order valence-electron chi connectivity index (χ2n) is 4.93. The van der Waals surface area contributed by atoms with Crippen LogP contribution in [-0.4, -0.2) is 35.1 Å². The second kappa shape index (κ2) is 5.85. The molecule has 0 aliphatic carbocycles. The monoisotopic (exact) mass is 311 g/mol. The Kier molecular flexibility index (Phi) is 4.40. The van der Waals surface area contributed by atoms with Crippen LogP contribution in [0, 0.1) is 5.92 Å². The summed E-state index contributed by atoms with van der Waals surface area (Å²) >= 11 is 3.38. The van der Waals surface area contributed by atoms with Crippen molar-refractivity contribution in [2.75, 3.05) is 13.1 Å². The number of halogens is 1. The first-order chi connectivity index (χ1) is 8.56. The fourth-order valence-corrected chi connectivity index (χ4v) is 2.56. The molecule has 0 spiro atoms. The SMILES string of the molecule is CC(O)C1CCN(C(=O)Cc2ccc(Br)cc2)C1. The Morgan fingerprint density at radius 2 is 2.17 bits per heavy atom. The molecule has 1 fully saturated rings. The van der Waals surface area contributed by atoms with Gasteiger partial charge in [-0.1, -0.05) is 28.1 Å². The fraction of sp³-hybridized carbons (Fsp3) is 0.500. The molecule has 1 amide bonds. The summed E-state index contributed by atoms with van der Waals surface area (Å²) < 4.78 is 1.02. The topological polar surface area (TPSA) is 40.5 Å². The zero-order chi connectivity index (χ0) is 13.1. The molecule has 1 aromatic rings. The Morgan fingerprint density at radius 1 is 1.50 bits per heavy atom. The molecule has 4 heteroatoms. The lowest BCUT2D eigenvalue weighted by Gasteiger charge is -2.17. The van der Waals surface area contributed by atoms with Gasteiger partial charge in [0.2, 0.25) is 5.91 Å². The van der Waals surface area contributed by atoms with Gasteiger partial charge in [-0.3, -0.25) is 4.79 Å². The molecule has 1 aromatic carbocycles. The van der Waals surface area contributed by atoms with E-state index in [-0.39, 0.29) is 17.9 Å². The second-order valence-corrected chi connectivity index (χ2v) is 5.85. The van der Waals surface area contributed by atoms with E-state index in [1.165, 1.54) is 0 Å². The molecule has 2 atom stereocenters. The van der Waals surface area contributed by atoms with E-state index in [9.17, 15) is 9.90 Å². The van der Waals surface area contributed by atoms with Crippen molar-refractivity contribution in [3.63, 3.8) is 0 Å². The number of carbonyl (C=O) groups is 1. The Morgan fingerprint density at radius 3 is 2.72 bits per heavy atom. The van der Waals surface area contributed by atoms with Crippen molar-refractivity contribution in [1.29, 1.82) is 0 Å². The fourth-order valence-electron chi connectivity index (χ4n) is 2.30. The molecule has 0 bridgehead atoms. The summed E-state index contributed by atoms with van der Waals surface area (Å²) in [5.74, 6) is 0.388. The Labute approximate surface area is 116 Å². The molecule has 3 nitrogen and oxygen atoms in total. The van der Waals surface area contributed by atoms with Gasteiger partial charge in [-0.15, -0.1) is 0 Å². The van der Waals surface area contributed by atoms with Gasteiger partial charge in [-0.25, -0.2) is 0 Å². The quantitative estimate of drug-likeness (QED) is 0.930. The van der Waals surface area contributed by atoms with Crippen LogP contribution < -0.4 is 0 Å². The van der Waals surface area contributed by atoms with Crippen LogP contribution in [0.1, 0.15) is 18.9 Å². The number of hydrogen-bond acceptors (Lipinski definition) is 2. The van der Waals surface area contributed by atoms with Gasteiger partial charge in [-0.2, -0.15) is 0 Å². The van der Waals surface area contributed by atoms with Crippen molar-refractivity contribution in [2.45, 2.75) is 25.9 Å². The molecular formula is C14H18BrNO2. The molecule has 1 N–H and O–H groups in total. The van der Waals surface area contributed by atoms with Crippen molar-refractivity contribution in [1.82, 2.24) is 4.90 Å². The number of nitrogens with zero attached hydrogens (tertiary/aromatic N) is 1. The highest BCUT2D eigenvalue weighted by Gasteiger charge is 2.28. The minimum atomic E-state index is -0.324. The van der Waals surface area contributed by atoms with Gasteiger partial charge in [0.1, 0.15) is 0 Å². The number of hydrogen-bond donors (Lipinski definition) is 1. The highest BCUT2D eigenvalue weighted by molar-refractivity contribution is 9.10. The van der Waals surface area contributed by atoms with E-state index in [1.807, 2.05) is 29.2 Å². The number of rotatable bonds is 3. The molecule has 2 unspecified atom stereocenters. The zero-order valence-electron chi connectivity index (χ0n) is 10.5. The van der Waals surface area contributed by atoms with Crippen LogP contribution in [0.4, 0.5) is 0 Å². The van der Waals surface area contributed by atoms with Crippen molar-refractivity contribution in [2.24, 2.45) is 5.92 Å². The lowest BCUT2D eigenvalue weighted by molar-refractivity contribution is -0.129. The molecule has 1 saturated heterocycles. The van der Waals surface area contributed by atoms with Crippen molar-refractivity contribution in [3.05, 3.63) is 34.3 Å². The molecular weight excluding hydrogens is 294 g/mol. The Balaban J connectivity index is 1.91. The van der Waals surface area contributed by atoms with Crippen LogP contribution in [-0.2, 0) is 11.2 Å². The summed E-state index contributed by atoms with van der Waals surface area (Å²) in [4.78, 5) is 14.0. The number of amides is 1. The Hall–Kier alpha value is -0.870. The molecule has 1 aliphatic heterocycles. The van der Waals surface area contributed by atoms with Crippen LogP contribution >= 0.6 is 15.9 Å². The largest absolute Gasteiger partial charge is 0.393 e. The maximum absolute atomic E-state index is 12.1. The first kappa shape index (κ1) is 13.6. The van der Waals surface area contributed by atoms with E-state index in [1.54, 1.807) is 6.92 Å². The standard InChI is InChI=1S/C14H18BrNO2/c1-10(17)12-6-7-16(9-12)14(18)8-11-2-4-13(15)5-3-11/h2-5,10,12,17H,6-9H2,1H3. The van der Waals surface area contributed by atoms with E-state index in [4.69, 9.17) is 0 Å². The zero-order valence-corrected chi connectivity index (χ0v) is 12.1. The van der Waals surface area contributed by atoms with E-state index < -0.39 is 0 Å². The summed E-state index contributed by atoms with van der Waals surface area (Å²) in [6.07, 6.45) is 1.03. The van der Waals surface area contributed by atoms with Crippen LogP contribution in [0.25, 0.3) is 0 Å². The summed E-state index contributed by atoms with van der Waals surface area (Å²) in [6.45, 7) is 3.26. The van der Waals surface area contributed by atoms with Gasteiger partial charge in [0.05, 0.1) is 12.5 Å². The summed E-state index contributed by atoms with van der Waals surface area (Å²) in [5, 5.41) is 9.53. The summed E-state index contributed by atoms with van der Waals surface area (Å²) in [7, 11) is 0. The van der Waals surface area contributed by atoms with Crippen LogP contribution in [0.2, 0.25) is 0 Å². The molecule has 98 valence electrons. The molecule has 0 aromatic heterocycles. The van der Waals surface area contributed by atoms with Gasteiger partial charge in [0.25, 0.3) is 0 Å². The van der Waals surface area contributed by atoms with Gasteiger partial charge in [-0.05, 0) is 31.0 Å². The summed E-state index contributed by atoms with van der Waals surface area (Å²) in [6, 6.07) is 7.82. The summed E-state index contributed by atoms with van der Waals surface area (Å²) in [5.41, 5.74) is 1.03. The first-order valence-corrected chi connectivity index (χ1v) is 7.06. The van der Waals surface area contributed by atoms with Gasteiger partial charge < -0.3 is 10.0 Å². The van der Waals surface area contributed by atoms with Crippen LogP contribution in [0.15, 0.2) is 28.7 Å². The molecule has 0 saturated carbocycles. The molecule has 0 radical (unpaired) electrons. The minimum Gasteiger partial charge on any atom is -0.393 e. The third-order valence-corrected chi connectivity index (χ3v) is 4.06. The third-order valence-electron chi connectivity index (χ3n) is 3.53. The third kappa shape index (κ3) is 3.33. The average Bonchev–Trinajstić information content (AvgIpc) is 2.81. The predicted molar refractivity (Wildman–Crippen MR) is 74.2 cm³/mol. The van der Waals surface area contributed by atoms with Crippen molar-refractivity contribution >= 4 is 21.8 Å². The van der Waals surface area contributed by atoms with E-state index in [2.05, 4.69) is 15.9 Å². The molecule has 1 heterocycles. The van der Waals surface area contributed by atoms with Crippen LogP contribution in [0.5, 0.6) is 0 Å². The number of aliphatic hydroxyl groups excluding tert-OH is 1.